The van der Waals surface area contributed by atoms with E-state index in [0.29, 0.717) is 12.5 Å². The molecule has 0 radical (unpaired) electrons. The molecule has 1 unspecified atom stereocenters. The Morgan fingerprint density at radius 1 is 1.54 bits per heavy atom. The Hall–Kier alpha value is -0.240. The maximum absolute atomic E-state index is 11.4. The number of alkyl halides is 1. The summed E-state index contributed by atoms with van der Waals surface area (Å²) >= 11 is 6.06. The van der Waals surface area contributed by atoms with Crippen LogP contribution in [-0.4, -0.2) is 17.8 Å². The van der Waals surface area contributed by atoms with E-state index in [0.717, 1.165) is 0 Å². The van der Waals surface area contributed by atoms with E-state index in [2.05, 4.69) is 5.32 Å². The number of halogens is 1. The van der Waals surface area contributed by atoms with Gasteiger partial charge < -0.3 is 5.32 Å². The first-order valence-corrected chi connectivity index (χ1v) is 5.27. The van der Waals surface area contributed by atoms with Crippen molar-refractivity contribution in [3.05, 3.63) is 0 Å². The summed E-state index contributed by atoms with van der Waals surface area (Å²) in [6, 6.07) is 0. The van der Waals surface area contributed by atoms with Gasteiger partial charge in [0, 0.05) is 12.0 Å². The Balaban J connectivity index is 2.21. The molecule has 0 aliphatic heterocycles. The minimum absolute atomic E-state index is 0.0822. The van der Waals surface area contributed by atoms with Crippen molar-refractivity contribution in [1.29, 1.82) is 0 Å². The van der Waals surface area contributed by atoms with Crippen molar-refractivity contribution in [2.24, 2.45) is 11.3 Å². The van der Waals surface area contributed by atoms with E-state index in [4.69, 9.17) is 11.6 Å². The molecule has 1 rings (SSSR count). The molecule has 1 N–H and O–H groups in total. The molecule has 76 valence electrons. The van der Waals surface area contributed by atoms with Gasteiger partial charge in [0.05, 0.1) is 5.38 Å². The molecule has 0 heterocycles. The van der Waals surface area contributed by atoms with Crippen LogP contribution in [0, 0.1) is 11.3 Å². The molecule has 1 amide bonds. The molecular formula is C10H18ClNO. The lowest BCUT2D eigenvalue weighted by molar-refractivity contribution is -0.128. The van der Waals surface area contributed by atoms with Crippen LogP contribution in [0.4, 0.5) is 0 Å². The van der Waals surface area contributed by atoms with Crippen LogP contribution in [0.1, 0.15) is 33.6 Å². The summed E-state index contributed by atoms with van der Waals surface area (Å²) in [6.45, 7) is 6.33. The van der Waals surface area contributed by atoms with Crippen LogP contribution in [0.2, 0.25) is 0 Å². The highest BCUT2D eigenvalue weighted by atomic mass is 35.5. The van der Waals surface area contributed by atoms with Crippen LogP contribution in [-0.2, 0) is 4.79 Å². The van der Waals surface area contributed by atoms with Gasteiger partial charge in [-0.3, -0.25) is 4.79 Å². The first kappa shape index (κ1) is 10.8. The normalized spacial score (nSPS) is 19.7. The number of nitrogens with one attached hydrogen (secondary N) is 1. The van der Waals surface area contributed by atoms with Crippen molar-refractivity contribution in [1.82, 2.24) is 5.32 Å². The summed E-state index contributed by atoms with van der Waals surface area (Å²) in [5, 5.41) is 3.00. The molecule has 1 atom stereocenters. The van der Waals surface area contributed by atoms with E-state index in [1.54, 1.807) is 0 Å². The van der Waals surface area contributed by atoms with E-state index in [-0.39, 0.29) is 16.7 Å². The van der Waals surface area contributed by atoms with E-state index in [1.165, 1.54) is 12.8 Å². The van der Waals surface area contributed by atoms with E-state index in [9.17, 15) is 4.79 Å². The molecule has 0 aromatic heterocycles. The standard InChI is InChI=1S/C10H18ClNO/c1-10(2,3)9(13)12-6-8(11)7-4-5-7/h7-8H,4-6H2,1-3H3,(H,12,13). The highest BCUT2D eigenvalue weighted by molar-refractivity contribution is 6.21. The van der Waals surface area contributed by atoms with E-state index < -0.39 is 0 Å². The van der Waals surface area contributed by atoms with Crippen molar-refractivity contribution in [3.63, 3.8) is 0 Å². The fourth-order valence-electron chi connectivity index (χ4n) is 1.08. The summed E-state index contributed by atoms with van der Waals surface area (Å²) in [5.74, 6) is 0.723. The second-order valence-electron chi connectivity index (χ2n) is 4.81. The fourth-order valence-corrected chi connectivity index (χ4v) is 1.41. The predicted octanol–water partition coefficient (Wildman–Crippen LogP) is 2.17. The van der Waals surface area contributed by atoms with Gasteiger partial charge in [0.25, 0.3) is 0 Å². The average Bonchev–Trinajstić information content (AvgIpc) is 2.79. The van der Waals surface area contributed by atoms with E-state index >= 15 is 0 Å². The minimum Gasteiger partial charge on any atom is -0.354 e. The molecule has 1 aliphatic carbocycles. The molecular weight excluding hydrogens is 186 g/mol. The summed E-state index contributed by atoms with van der Waals surface area (Å²) in [5.41, 5.74) is -0.305. The van der Waals surface area contributed by atoms with Gasteiger partial charge in [-0.2, -0.15) is 0 Å². The Morgan fingerprint density at radius 3 is 2.46 bits per heavy atom. The molecule has 1 saturated carbocycles. The zero-order chi connectivity index (χ0) is 10.1. The molecule has 0 saturated heterocycles. The summed E-state index contributed by atoms with van der Waals surface area (Å²) in [6.07, 6.45) is 2.44. The largest absolute Gasteiger partial charge is 0.354 e. The molecule has 0 bridgehead atoms. The van der Waals surface area contributed by atoms with Crippen molar-refractivity contribution >= 4 is 17.5 Å². The van der Waals surface area contributed by atoms with Gasteiger partial charge in [0.2, 0.25) is 5.91 Å². The van der Waals surface area contributed by atoms with Gasteiger partial charge in [-0.15, -0.1) is 11.6 Å². The van der Waals surface area contributed by atoms with Crippen LogP contribution in [0.3, 0.4) is 0 Å². The molecule has 0 aromatic carbocycles. The SMILES string of the molecule is CC(C)(C)C(=O)NCC(Cl)C1CC1. The number of carbonyl (C=O) groups is 1. The third kappa shape index (κ3) is 3.55. The Bertz CT molecular complexity index is 194. The highest BCUT2D eigenvalue weighted by Gasteiger charge is 2.30. The van der Waals surface area contributed by atoms with Gasteiger partial charge >= 0.3 is 0 Å². The minimum atomic E-state index is -0.305. The van der Waals surface area contributed by atoms with Crippen LogP contribution >= 0.6 is 11.6 Å². The molecule has 1 fully saturated rings. The Kier molecular flexibility index (Phi) is 3.23. The Morgan fingerprint density at radius 2 is 2.08 bits per heavy atom. The molecule has 1 aliphatic rings. The van der Waals surface area contributed by atoms with Gasteiger partial charge in [0.1, 0.15) is 0 Å². The van der Waals surface area contributed by atoms with Crippen molar-refractivity contribution < 1.29 is 4.79 Å². The van der Waals surface area contributed by atoms with Crippen molar-refractivity contribution in [2.45, 2.75) is 39.0 Å². The summed E-state index contributed by atoms with van der Waals surface area (Å²) in [4.78, 5) is 11.4. The van der Waals surface area contributed by atoms with Crippen LogP contribution in [0.5, 0.6) is 0 Å². The first-order chi connectivity index (χ1) is 5.91. The predicted molar refractivity (Wildman–Crippen MR) is 54.8 cm³/mol. The average molecular weight is 204 g/mol. The maximum atomic E-state index is 11.4. The van der Waals surface area contributed by atoms with Gasteiger partial charge in [0.15, 0.2) is 0 Å². The van der Waals surface area contributed by atoms with Gasteiger partial charge in [-0.25, -0.2) is 0 Å². The second kappa shape index (κ2) is 3.87. The summed E-state index contributed by atoms with van der Waals surface area (Å²) in [7, 11) is 0. The Labute approximate surface area is 85.0 Å². The molecule has 3 heteroatoms. The van der Waals surface area contributed by atoms with Crippen molar-refractivity contribution in [2.75, 3.05) is 6.54 Å². The molecule has 2 nitrogen and oxygen atoms in total. The molecule has 0 aromatic rings. The third-order valence-electron chi connectivity index (χ3n) is 2.27. The lowest BCUT2D eigenvalue weighted by Gasteiger charge is -2.19. The quantitative estimate of drug-likeness (QED) is 0.700. The fraction of sp³-hybridized carbons (Fsp3) is 0.900. The third-order valence-corrected chi connectivity index (χ3v) is 2.78. The monoisotopic (exact) mass is 203 g/mol. The summed E-state index contributed by atoms with van der Waals surface area (Å²) < 4.78 is 0. The number of amides is 1. The topological polar surface area (TPSA) is 29.1 Å². The number of carbonyl (C=O) groups excluding carboxylic acids is 1. The highest BCUT2D eigenvalue weighted by Crippen LogP contribution is 2.35. The molecule has 0 spiro atoms. The smallest absolute Gasteiger partial charge is 0.225 e. The lowest BCUT2D eigenvalue weighted by atomic mass is 9.96. The number of hydrogen-bond donors (Lipinski definition) is 1. The van der Waals surface area contributed by atoms with Gasteiger partial charge in [-0.05, 0) is 18.8 Å². The zero-order valence-corrected chi connectivity index (χ0v) is 9.32. The lowest BCUT2D eigenvalue weighted by Crippen LogP contribution is -2.38. The zero-order valence-electron chi connectivity index (χ0n) is 8.56. The number of hydrogen-bond acceptors (Lipinski definition) is 1. The number of rotatable bonds is 3. The first-order valence-electron chi connectivity index (χ1n) is 4.83. The van der Waals surface area contributed by atoms with Crippen LogP contribution in [0.25, 0.3) is 0 Å². The van der Waals surface area contributed by atoms with E-state index in [1.807, 2.05) is 20.8 Å². The van der Waals surface area contributed by atoms with Gasteiger partial charge in [-0.1, -0.05) is 20.8 Å². The van der Waals surface area contributed by atoms with Crippen molar-refractivity contribution in [3.8, 4) is 0 Å². The van der Waals surface area contributed by atoms with Crippen LogP contribution < -0.4 is 5.32 Å². The maximum Gasteiger partial charge on any atom is 0.225 e. The molecule has 13 heavy (non-hydrogen) atoms. The second-order valence-corrected chi connectivity index (χ2v) is 5.37. The van der Waals surface area contributed by atoms with Crippen LogP contribution in [0.15, 0.2) is 0 Å².